The van der Waals surface area contributed by atoms with E-state index in [-0.39, 0.29) is 17.9 Å². The lowest BCUT2D eigenvalue weighted by Gasteiger charge is -2.34. The first-order valence-corrected chi connectivity index (χ1v) is 11.7. The fraction of sp³-hybridized carbons (Fsp3) is 0.652. The van der Waals surface area contributed by atoms with Crippen molar-refractivity contribution in [2.24, 2.45) is 5.92 Å². The van der Waals surface area contributed by atoms with Crippen LogP contribution in [-0.4, -0.2) is 98.1 Å². The number of nitrogens with zero attached hydrogens (tertiary/aromatic N) is 3. The Labute approximate surface area is 190 Å². The maximum atomic E-state index is 12.8. The highest BCUT2D eigenvalue weighted by molar-refractivity contribution is 6.30. The van der Waals surface area contributed by atoms with Gasteiger partial charge in [0.15, 0.2) is 0 Å². The van der Waals surface area contributed by atoms with Crippen LogP contribution in [0.1, 0.15) is 30.6 Å². The van der Waals surface area contributed by atoms with E-state index in [1.165, 1.54) is 0 Å². The third-order valence-corrected chi connectivity index (χ3v) is 5.92. The molecule has 3 rings (SSSR count). The molecule has 2 amide bonds. The zero-order valence-electron chi connectivity index (χ0n) is 18.7. The summed E-state index contributed by atoms with van der Waals surface area (Å²) in [6.45, 7) is 11.7. The molecule has 2 fully saturated rings. The summed E-state index contributed by atoms with van der Waals surface area (Å²) in [7, 11) is 0. The van der Waals surface area contributed by atoms with E-state index < -0.39 is 0 Å². The normalized spacial score (nSPS) is 21.2. The second-order valence-electron chi connectivity index (χ2n) is 8.88. The standard InChI is InChI=1S/C23H35ClN4O3/c1-18(2)15-27-11-12-31-21(16-27)14-25-22(29)17-26-7-4-8-28(10-9-26)23(30)19-5-3-6-20(24)13-19/h3,5-6,13,18,21H,4,7-12,14-17H2,1-2H3,(H,25,29). The van der Waals surface area contributed by atoms with E-state index in [2.05, 4.69) is 29.0 Å². The predicted molar refractivity (Wildman–Crippen MR) is 122 cm³/mol. The first-order valence-electron chi connectivity index (χ1n) is 11.3. The van der Waals surface area contributed by atoms with Crippen LogP contribution in [0.25, 0.3) is 0 Å². The third kappa shape index (κ3) is 7.75. The quantitative estimate of drug-likeness (QED) is 0.688. The van der Waals surface area contributed by atoms with E-state index in [1.54, 1.807) is 24.3 Å². The minimum Gasteiger partial charge on any atom is -0.374 e. The van der Waals surface area contributed by atoms with Gasteiger partial charge in [0, 0.05) is 62.9 Å². The molecule has 1 aromatic carbocycles. The van der Waals surface area contributed by atoms with Gasteiger partial charge in [-0.05, 0) is 30.5 Å². The SMILES string of the molecule is CC(C)CN1CCOC(CNC(=O)CN2CCCN(C(=O)c3cccc(Cl)c3)CC2)C1. The average molecular weight is 451 g/mol. The molecule has 1 unspecified atom stereocenters. The molecule has 7 nitrogen and oxygen atoms in total. The zero-order valence-corrected chi connectivity index (χ0v) is 19.4. The summed E-state index contributed by atoms with van der Waals surface area (Å²) < 4.78 is 5.82. The molecule has 1 N–H and O–H groups in total. The molecule has 0 aliphatic carbocycles. The van der Waals surface area contributed by atoms with Crippen LogP contribution in [0.4, 0.5) is 0 Å². The molecule has 1 aromatic rings. The first kappa shape index (κ1) is 24.0. The van der Waals surface area contributed by atoms with Crippen LogP contribution in [0.5, 0.6) is 0 Å². The van der Waals surface area contributed by atoms with Crippen LogP contribution in [-0.2, 0) is 9.53 Å². The van der Waals surface area contributed by atoms with E-state index >= 15 is 0 Å². The predicted octanol–water partition coefficient (Wildman–Crippen LogP) is 1.96. The van der Waals surface area contributed by atoms with Gasteiger partial charge in [0.05, 0.1) is 19.3 Å². The summed E-state index contributed by atoms with van der Waals surface area (Å²) in [5, 5.41) is 3.60. The Bertz CT molecular complexity index is 745. The van der Waals surface area contributed by atoms with Gasteiger partial charge in [0.1, 0.15) is 0 Å². The number of halogens is 1. The lowest BCUT2D eigenvalue weighted by atomic mass is 10.2. The number of morpholine rings is 1. The summed E-state index contributed by atoms with van der Waals surface area (Å²) in [4.78, 5) is 31.6. The molecule has 0 bridgehead atoms. The topological polar surface area (TPSA) is 65.1 Å². The minimum absolute atomic E-state index is 0.00537. The van der Waals surface area contributed by atoms with Gasteiger partial charge in [-0.3, -0.25) is 19.4 Å². The Balaban J connectivity index is 1.40. The van der Waals surface area contributed by atoms with Crippen molar-refractivity contribution in [3.05, 3.63) is 34.9 Å². The van der Waals surface area contributed by atoms with Crippen molar-refractivity contribution in [3.63, 3.8) is 0 Å². The highest BCUT2D eigenvalue weighted by Gasteiger charge is 2.24. The molecule has 0 aromatic heterocycles. The van der Waals surface area contributed by atoms with Crippen molar-refractivity contribution in [2.75, 3.05) is 65.5 Å². The Kier molecular flexibility index (Phi) is 9.14. The van der Waals surface area contributed by atoms with Gasteiger partial charge in [0.2, 0.25) is 5.91 Å². The van der Waals surface area contributed by atoms with Crippen molar-refractivity contribution in [1.82, 2.24) is 20.0 Å². The summed E-state index contributed by atoms with van der Waals surface area (Å²) in [6, 6.07) is 7.05. The van der Waals surface area contributed by atoms with E-state index in [0.717, 1.165) is 39.2 Å². The zero-order chi connectivity index (χ0) is 22.2. The van der Waals surface area contributed by atoms with Gasteiger partial charge in [-0.25, -0.2) is 0 Å². The van der Waals surface area contributed by atoms with Crippen molar-refractivity contribution in [2.45, 2.75) is 26.4 Å². The van der Waals surface area contributed by atoms with Gasteiger partial charge in [-0.2, -0.15) is 0 Å². The lowest BCUT2D eigenvalue weighted by Crippen LogP contribution is -2.49. The Morgan fingerprint density at radius 1 is 1.16 bits per heavy atom. The van der Waals surface area contributed by atoms with E-state index in [0.29, 0.717) is 49.2 Å². The van der Waals surface area contributed by atoms with Gasteiger partial charge in [0.25, 0.3) is 5.91 Å². The molecule has 1 atom stereocenters. The van der Waals surface area contributed by atoms with Crippen LogP contribution >= 0.6 is 11.6 Å². The second-order valence-corrected chi connectivity index (χ2v) is 9.32. The number of carbonyl (C=O) groups is 2. The number of benzene rings is 1. The summed E-state index contributed by atoms with van der Waals surface area (Å²) in [5.74, 6) is 0.634. The average Bonchev–Trinajstić information content (AvgIpc) is 2.97. The molecular weight excluding hydrogens is 416 g/mol. The van der Waals surface area contributed by atoms with Crippen molar-refractivity contribution in [1.29, 1.82) is 0 Å². The highest BCUT2D eigenvalue weighted by atomic mass is 35.5. The summed E-state index contributed by atoms with van der Waals surface area (Å²) >= 11 is 6.02. The lowest BCUT2D eigenvalue weighted by molar-refractivity contribution is -0.123. The van der Waals surface area contributed by atoms with Crippen molar-refractivity contribution >= 4 is 23.4 Å². The molecule has 172 valence electrons. The molecular formula is C23H35ClN4O3. The molecule has 2 saturated heterocycles. The summed E-state index contributed by atoms with van der Waals surface area (Å²) in [5.41, 5.74) is 0.609. The molecule has 0 radical (unpaired) electrons. The fourth-order valence-electron chi connectivity index (χ4n) is 4.21. The monoisotopic (exact) mass is 450 g/mol. The number of hydrogen-bond acceptors (Lipinski definition) is 5. The second kappa shape index (κ2) is 11.8. The molecule has 0 spiro atoms. The number of hydrogen-bond donors (Lipinski definition) is 1. The molecule has 0 saturated carbocycles. The Morgan fingerprint density at radius 3 is 2.77 bits per heavy atom. The van der Waals surface area contributed by atoms with Crippen molar-refractivity contribution in [3.8, 4) is 0 Å². The molecule has 2 aliphatic rings. The largest absolute Gasteiger partial charge is 0.374 e. The maximum absolute atomic E-state index is 12.8. The van der Waals surface area contributed by atoms with Gasteiger partial charge < -0.3 is 15.0 Å². The van der Waals surface area contributed by atoms with Gasteiger partial charge in [-0.1, -0.05) is 31.5 Å². The van der Waals surface area contributed by atoms with E-state index in [4.69, 9.17) is 16.3 Å². The van der Waals surface area contributed by atoms with Crippen LogP contribution in [0, 0.1) is 5.92 Å². The van der Waals surface area contributed by atoms with Crippen LogP contribution < -0.4 is 5.32 Å². The number of amides is 2. The molecule has 31 heavy (non-hydrogen) atoms. The molecule has 2 heterocycles. The Hall–Kier alpha value is -1.67. The third-order valence-electron chi connectivity index (χ3n) is 5.69. The van der Waals surface area contributed by atoms with Crippen molar-refractivity contribution < 1.29 is 14.3 Å². The van der Waals surface area contributed by atoms with Gasteiger partial charge in [-0.15, -0.1) is 0 Å². The number of ether oxygens (including phenoxy) is 1. The number of nitrogens with one attached hydrogen (secondary N) is 1. The van der Waals surface area contributed by atoms with Crippen LogP contribution in [0.15, 0.2) is 24.3 Å². The van der Waals surface area contributed by atoms with Crippen LogP contribution in [0.3, 0.4) is 0 Å². The fourth-order valence-corrected chi connectivity index (χ4v) is 4.40. The first-order chi connectivity index (χ1) is 14.9. The highest BCUT2D eigenvalue weighted by Crippen LogP contribution is 2.14. The number of rotatable bonds is 7. The minimum atomic E-state index is -0.00537. The molecule has 8 heteroatoms. The number of carbonyl (C=O) groups excluding carboxylic acids is 2. The van der Waals surface area contributed by atoms with Gasteiger partial charge >= 0.3 is 0 Å². The van der Waals surface area contributed by atoms with Crippen LogP contribution in [0.2, 0.25) is 5.02 Å². The summed E-state index contributed by atoms with van der Waals surface area (Å²) in [6.07, 6.45) is 0.890. The smallest absolute Gasteiger partial charge is 0.253 e. The maximum Gasteiger partial charge on any atom is 0.253 e. The molecule has 2 aliphatic heterocycles. The van der Waals surface area contributed by atoms with E-state index in [1.807, 2.05) is 4.90 Å². The van der Waals surface area contributed by atoms with E-state index in [9.17, 15) is 9.59 Å². The Morgan fingerprint density at radius 2 is 2.00 bits per heavy atom.